The average Bonchev–Trinajstić information content (AvgIpc) is 3.26. The van der Waals surface area contributed by atoms with Crippen molar-refractivity contribution in [3.63, 3.8) is 0 Å². The van der Waals surface area contributed by atoms with Gasteiger partial charge in [0.05, 0.1) is 12.1 Å². The number of aromatic nitrogens is 4. The molecule has 0 bridgehead atoms. The third-order valence-corrected chi connectivity index (χ3v) is 6.60. The first-order chi connectivity index (χ1) is 14.4. The van der Waals surface area contributed by atoms with Gasteiger partial charge in [-0.05, 0) is 57.2 Å². The van der Waals surface area contributed by atoms with Crippen molar-refractivity contribution in [2.45, 2.75) is 47.1 Å². The van der Waals surface area contributed by atoms with Crippen molar-refractivity contribution in [3.05, 3.63) is 56.3 Å². The molecule has 1 amide bonds. The third kappa shape index (κ3) is 4.44. The maximum Gasteiger partial charge on any atom is 0.251 e. The number of hydrogen-bond acceptors (Lipinski definition) is 6. The summed E-state index contributed by atoms with van der Waals surface area (Å²) in [5.74, 6) is 0.577. The summed E-state index contributed by atoms with van der Waals surface area (Å²) in [4.78, 5) is 25.5. The number of hydrogen-bond donors (Lipinski definition) is 1. The molecule has 0 spiro atoms. The fourth-order valence-electron chi connectivity index (χ4n) is 4.00. The molecule has 8 heteroatoms. The molecule has 1 aliphatic heterocycles. The van der Waals surface area contributed by atoms with Gasteiger partial charge < -0.3 is 5.32 Å². The zero-order chi connectivity index (χ0) is 21.3. The first-order valence-corrected chi connectivity index (χ1v) is 11.2. The number of thiophene rings is 1. The van der Waals surface area contributed by atoms with Crippen molar-refractivity contribution in [1.82, 2.24) is 30.0 Å². The van der Waals surface area contributed by atoms with Crippen molar-refractivity contribution in [3.8, 4) is 5.95 Å². The summed E-state index contributed by atoms with van der Waals surface area (Å²) >= 11 is 1.85. The van der Waals surface area contributed by atoms with Crippen molar-refractivity contribution < 1.29 is 4.79 Å². The zero-order valence-electron chi connectivity index (χ0n) is 18.0. The largest absolute Gasteiger partial charge is 0.355 e. The molecule has 4 heterocycles. The van der Waals surface area contributed by atoms with Gasteiger partial charge in [-0.25, -0.2) is 14.6 Å². The molecule has 0 saturated carbocycles. The molecule has 0 atom stereocenters. The van der Waals surface area contributed by atoms with Gasteiger partial charge in [-0.3, -0.25) is 9.69 Å². The third-order valence-electron chi connectivity index (χ3n) is 5.58. The average molecular weight is 425 g/mol. The summed E-state index contributed by atoms with van der Waals surface area (Å²) in [6.07, 6.45) is 1.43. The highest BCUT2D eigenvalue weighted by molar-refractivity contribution is 7.10. The van der Waals surface area contributed by atoms with Gasteiger partial charge >= 0.3 is 0 Å². The highest BCUT2D eigenvalue weighted by atomic mass is 32.1. The van der Waals surface area contributed by atoms with Crippen LogP contribution in [0.2, 0.25) is 0 Å². The lowest BCUT2D eigenvalue weighted by Gasteiger charge is -2.26. The Kier molecular flexibility index (Phi) is 5.97. The molecular weight excluding hydrogens is 396 g/mol. The molecule has 30 heavy (non-hydrogen) atoms. The lowest BCUT2D eigenvalue weighted by Crippen LogP contribution is -2.38. The molecule has 1 aliphatic rings. The number of nitrogens with one attached hydrogen (secondary N) is 1. The van der Waals surface area contributed by atoms with Crippen LogP contribution in [-0.2, 0) is 24.2 Å². The Morgan fingerprint density at radius 2 is 1.97 bits per heavy atom. The Labute approximate surface area is 181 Å². The van der Waals surface area contributed by atoms with E-state index in [9.17, 15) is 4.79 Å². The van der Waals surface area contributed by atoms with E-state index in [0.29, 0.717) is 18.9 Å². The number of carbonyl (C=O) groups is 1. The number of nitrogens with zero attached hydrogens (tertiary/aromatic N) is 5. The molecule has 0 aromatic carbocycles. The molecule has 4 rings (SSSR count). The molecule has 1 N–H and O–H groups in total. The fourth-order valence-corrected chi connectivity index (χ4v) is 4.89. The van der Waals surface area contributed by atoms with Crippen LogP contribution in [0.1, 0.15) is 38.8 Å². The normalized spacial score (nSPS) is 14.0. The van der Waals surface area contributed by atoms with Crippen LogP contribution in [0.25, 0.3) is 5.95 Å². The van der Waals surface area contributed by atoms with Gasteiger partial charge in [-0.2, -0.15) is 5.10 Å². The first kappa shape index (κ1) is 20.7. The summed E-state index contributed by atoms with van der Waals surface area (Å²) in [7, 11) is 0. The minimum atomic E-state index is 0.0234. The van der Waals surface area contributed by atoms with Gasteiger partial charge in [0, 0.05) is 53.7 Å². The Bertz CT molecular complexity index is 1050. The molecule has 0 saturated heterocycles. The number of amides is 1. The highest BCUT2D eigenvalue weighted by Crippen LogP contribution is 2.23. The molecule has 0 aliphatic carbocycles. The van der Waals surface area contributed by atoms with Crippen molar-refractivity contribution >= 4 is 17.2 Å². The molecule has 158 valence electrons. The first-order valence-electron chi connectivity index (χ1n) is 10.3. The Morgan fingerprint density at radius 1 is 1.20 bits per heavy atom. The van der Waals surface area contributed by atoms with Crippen LogP contribution in [0.5, 0.6) is 0 Å². The number of fused-ring (bicyclic) bond motifs is 1. The second kappa shape index (κ2) is 8.65. The van der Waals surface area contributed by atoms with Crippen LogP contribution in [0.4, 0.5) is 0 Å². The summed E-state index contributed by atoms with van der Waals surface area (Å²) in [6, 6.07) is 4.15. The topological polar surface area (TPSA) is 75.9 Å². The van der Waals surface area contributed by atoms with Crippen LogP contribution in [0.15, 0.2) is 17.5 Å². The molecule has 0 fully saturated rings. The standard InChI is InChI=1S/C22H28N6OS/c1-14-11-15(2)25-22(24-14)28-17(4)19(16(3)26-28)12-21(29)23-7-9-27-8-5-20-18(13-27)6-10-30-20/h6,10-11H,5,7-9,12-13H2,1-4H3,(H,23,29). The maximum absolute atomic E-state index is 12.6. The van der Waals surface area contributed by atoms with E-state index in [2.05, 4.69) is 36.7 Å². The smallest absolute Gasteiger partial charge is 0.251 e. The van der Waals surface area contributed by atoms with E-state index in [1.54, 1.807) is 4.68 Å². The summed E-state index contributed by atoms with van der Waals surface area (Å²) < 4.78 is 1.74. The van der Waals surface area contributed by atoms with Crippen molar-refractivity contribution in [1.29, 1.82) is 0 Å². The van der Waals surface area contributed by atoms with E-state index in [4.69, 9.17) is 0 Å². The summed E-state index contributed by atoms with van der Waals surface area (Å²) in [5.41, 5.74) is 5.93. The Balaban J connectivity index is 1.35. The van der Waals surface area contributed by atoms with Crippen molar-refractivity contribution in [2.75, 3.05) is 19.6 Å². The van der Waals surface area contributed by atoms with Crippen LogP contribution < -0.4 is 5.32 Å². The van der Waals surface area contributed by atoms with E-state index in [1.807, 2.05) is 45.1 Å². The quantitative estimate of drug-likeness (QED) is 0.658. The lowest BCUT2D eigenvalue weighted by molar-refractivity contribution is -0.120. The molecule has 0 unspecified atom stereocenters. The molecule has 0 radical (unpaired) electrons. The van der Waals surface area contributed by atoms with E-state index in [1.165, 1.54) is 10.4 Å². The predicted molar refractivity (Wildman–Crippen MR) is 118 cm³/mol. The highest BCUT2D eigenvalue weighted by Gasteiger charge is 2.19. The van der Waals surface area contributed by atoms with E-state index in [-0.39, 0.29) is 5.91 Å². The fraction of sp³-hybridized carbons (Fsp3) is 0.455. The van der Waals surface area contributed by atoms with Crippen LogP contribution in [-0.4, -0.2) is 50.2 Å². The summed E-state index contributed by atoms with van der Waals surface area (Å²) in [5, 5.41) is 9.83. The maximum atomic E-state index is 12.6. The van der Waals surface area contributed by atoms with Crippen LogP contribution >= 0.6 is 11.3 Å². The predicted octanol–water partition coefficient (Wildman–Crippen LogP) is 2.67. The Morgan fingerprint density at radius 3 is 2.73 bits per heavy atom. The number of rotatable bonds is 6. The Hall–Kier alpha value is -2.58. The van der Waals surface area contributed by atoms with E-state index < -0.39 is 0 Å². The van der Waals surface area contributed by atoms with Gasteiger partial charge in [0.2, 0.25) is 5.91 Å². The van der Waals surface area contributed by atoms with Crippen molar-refractivity contribution in [2.24, 2.45) is 0 Å². The molecule has 3 aromatic rings. The second-order valence-corrected chi connectivity index (χ2v) is 8.93. The number of carbonyl (C=O) groups excluding carboxylic acids is 1. The minimum absolute atomic E-state index is 0.0234. The molecular formula is C22H28N6OS. The second-order valence-electron chi connectivity index (χ2n) is 7.93. The van der Waals surface area contributed by atoms with E-state index in [0.717, 1.165) is 54.4 Å². The lowest BCUT2D eigenvalue weighted by atomic mass is 10.1. The minimum Gasteiger partial charge on any atom is -0.355 e. The van der Waals surface area contributed by atoms with Gasteiger partial charge in [0.25, 0.3) is 5.95 Å². The summed E-state index contributed by atoms with van der Waals surface area (Å²) in [6.45, 7) is 11.4. The van der Waals surface area contributed by atoms with Gasteiger partial charge in [-0.1, -0.05) is 0 Å². The van der Waals surface area contributed by atoms with E-state index >= 15 is 0 Å². The molecule has 7 nitrogen and oxygen atoms in total. The molecule has 3 aromatic heterocycles. The van der Waals surface area contributed by atoms with Gasteiger partial charge in [-0.15, -0.1) is 11.3 Å². The van der Waals surface area contributed by atoms with Gasteiger partial charge in [0.1, 0.15) is 0 Å². The zero-order valence-corrected chi connectivity index (χ0v) is 18.8. The SMILES string of the molecule is Cc1cc(C)nc(-n2nc(C)c(CC(=O)NCCN3CCc4sccc4C3)c2C)n1. The number of aryl methyl sites for hydroxylation is 3. The van der Waals surface area contributed by atoms with Crippen LogP contribution in [0.3, 0.4) is 0 Å². The van der Waals surface area contributed by atoms with Crippen LogP contribution in [0, 0.1) is 27.7 Å². The van der Waals surface area contributed by atoms with Gasteiger partial charge in [0.15, 0.2) is 0 Å². The monoisotopic (exact) mass is 424 g/mol.